The van der Waals surface area contributed by atoms with E-state index in [1.165, 1.54) is 0 Å². The Balaban J connectivity index is 4.15. The summed E-state index contributed by atoms with van der Waals surface area (Å²) in [6.07, 6.45) is 0.491. The van der Waals surface area contributed by atoms with Crippen LogP contribution in [0.4, 0.5) is 0 Å². The maximum atomic E-state index is 5.86. The Kier molecular flexibility index (Phi) is 6.29. The van der Waals surface area contributed by atoms with Crippen LogP contribution in [-0.2, 0) is 8.85 Å². The summed E-state index contributed by atoms with van der Waals surface area (Å²) in [7, 11) is -1.95. The summed E-state index contributed by atoms with van der Waals surface area (Å²) in [5, 5.41) is 0. The van der Waals surface area contributed by atoms with Crippen LogP contribution in [0.15, 0.2) is 0 Å². The van der Waals surface area contributed by atoms with Crippen LogP contribution in [0.2, 0.25) is 12.6 Å². The lowest BCUT2D eigenvalue weighted by atomic mass is 10.5. The van der Waals surface area contributed by atoms with E-state index in [0.29, 0.717) is 0 Å². The van der Waals surface area contributed by atoms with Crippen LogP contribution in [0.1, 0.15) is 27.7 Å². The van der Waals surface area contributed by atoms with Gasteiger partial charge in [0, 0.05) is 12.2 Å². The molecule has 80 valence electrons. The SMILES string of the molecule is CC(C)O[Si](C)(CCS)OC(C)C. The van der Waals surface area contributed by atoms with Crippen LogP contribution in [0, 0.1) is 0 Å². The van der Waals surface area contributed by atoms with E-state index in [1.807, 2.05) is 27.7 Å². The Morgan fingerprint density at radius 2 is 1.46 bits per heavy atom. The zero-order chi connectivity index (χ0) is 10.5. The van der Waals surface area contributed by atoms with Crippen molar-refractivity contribution in [2.75, 3.05) is 5.75 Å². The van der Waals surface area contributed by atoms with E-state index in [2.05, 4.69) is 19.2 Å². The molecule has 0 fully saturated rings. The molecule has 0 rings (SSSR count). The first-order valence-electron chi connectivity index (χ1n) is 4.86. The van der Waals surface area contributed by atoms with Crippen molar-refractivity contribution in [1.82, 2.24) is 0 Å². The van der Waals surface area contributed by atoms with E-state index in [0.717, 1.165) is 11.8 Å². The van der Waals surface area contributed by atoms with Crippen molar-refractivity contribution in [3.8, 4) is 0 Å². The first kappa shape index (κ1) is 13.5. The van der Waals surface area contributed by atoms with Crippen LogP contribution in [0.5, 0.6) is 0 Å². The predicted octanol–water partition coefficient (Wildman–Crippen LogP) is 2.84. The van der Waals surface area contributed by atoms with Gasteiger partial charge in [0.25, 0.3) is 0 Å². The molecule has 0 aromatic heterocycles. The third-order valence-electron chi connectivity index (χ3n) is 1.54. The quantitative estimate of drug-likeness (QED) is 0.550. The van der Waals surface area contributed by atoms with E-state index in [-0.39, 0.29) is 12.2 Å². The van der Waals surface area contributed by atoms with E-state index < -0.39 is 8.56 Å². The molecule has 0 saturated carbocycles. The van der Waals surface area contributed by atoms with Crippen molar-refractivity contribution in [2.45, 2.75) is 52.5 Å². The molecule has 0 unspecified atom stereocenters. The second-order valence-electron chi connectivity index (χ2n) is 3.94. The van der Waals surface area contributed by atoms with Crippen molar-refractivity contribution in [2.24, 2.45) is 0 Å². The smallest absolute Gasteiger partial charge is 0.336 e. The molecule has 0 amide bonds. The number of hydrogen-bond donors (Lipinski definition) is 1. The molecule has 0 spiro atoms. The largest absolute Gasteiger partial charge is 0.392 e. The van der Waals surface area contributed by atoms with Gasteiger partial charge in [-0.1, -0.05) is 0 Å². The average Bonchev–Trinajstić information content (AvgIpc) is 1.81. The minimum Gasteiger partial charge on any atom is -0.392 e. The van der Waals surface area contributed by atoms with Gasteiger partial charge in [0.1, 0.15) is 0 Å². The van der Waals surface area contributed by atoms with Gasteiger partial charge in [0.2, 0.25) is 0 Å². The van der Waals surface area contributed by atoms with Crippen molar-refractivity contribution >= 4 is 21.2 Å². The highest BCUT2D eigenvalue weighted by Gasteiger charge is 2.32. The molecule has 0 heterocycles. The standard InChI is InChI=1S/C9H22O2SSi/c1-8(2)10-13(5,7-6-12)11-9(3)4/h8-9,12H,6-7H2,1-5H3. The fourth-order valence-corrected chi connectivity index (χ4v) is 5.26. The van der Waals surface area contributed by atoms with Crippen LogP contribution in [0.25, 0.3) is 0 Å². The predicted molar refractivity (Wildman–Crippen MR) is 62.7 cm³/mol. The number of rotatable bonds is 6. The number of hydrogen-bond acceptors (Lipinski definition) is 3. The monoisotopic (exact) mass is 222 g/mol. The highest BCUT2D eigenvalue weighted by molar-refractivity contribution is 7.80. The Bertz CT molecular complexity index is 130. The maximum Gasteiger partial charge on any atom is 0.336 e. The van der Waals surface area contributed by atoms with Crippen LogP contribution < -0.4 is 0 Å². The summed E-state index contributed by atoms with van der Waals surface area (Å²) in [5.41, 5.74) is 0. The average molecular weight is 222 g/mol. The molecular formula is C9H22O2SSi. The van der Waals surface area contributed by atoms with E-state index >= 15 is 0 Å². The normalized spacial score (nSPS) is 12.9. The zero-order valence-corrected chi connectivity index (χ0v) is 11.2. The fraction of sp³-hybridized carbons (Fsp3) is 1.00. The maximum absolute atomic E-state index is 5.86. The first-order valence-corrected chi connectivity index (χ1v) is 8.01. The lowest BCUT2D eigenvalue weighted by molar-refractivity contribution is 0.110. The van der Waals surface area contributed by atoms with Gasteiger partial charge < -0.3 is 8.85 Å². The van der Waals surface area contributed by atoms with Crippen molar-refractivity contribution in [3.05, 3.63) is 0 Å². The molecule has 0 aliphatic rings. The summed E-state index contributed by atoms with van der Waals surface area (Å²) in [6, 6.07) is 0.951. The van der Waals surface area contributed by atoms with Gasteiger partial charge in [-0.3, -0.25) is 0 Å². The van der Waals surface area contributed by atoms with Crippen LogP contribution in [0.3, 0.4) is 0 Å². The van der Waals surface area contributed by atoms with Gasteiger partial charge in [-0.2, -0.15) is 12.6 Å². The van der Waals surface area contributed by atoms with Crippen molar-refractivity contribution < 1.29 is 8.85 Å². The molecule has 0 aromatic carbocycles. The fourth-order valence-electron chi connectivity index (χ4n) is 1.35. The summed E-state index contributed by atoms with van der Waals surface area (Å²) in [4.78, 5) is 0. The minimum absolute atomic E-state index is 0.246. The number of thiol groups is 1. The van der Waals surface area contributed by atoms with Gasteiger partial charge in [-0.25, -0.2) is 0 Å². The molecule has 0 radical (unpaired) electrons. The van der Waals surface area contributed by atoms with E-state index in [9.17, 15) is 0 Å². The summed E-state index contributed by atoms with van der Waals surface area (Å²) >= 11 is 4.23. The Labute approximate surface area is 88.7 Å². The van der Waals surface area contributed by atoms with Gasteiger partial charge >= 0.3 is 8.56 Å². The highest BCUT2D eigenvalue weighted by atomic mass is 32.1. The summed E-state index contributed by atoms with van der Waals surface area (Å²) in [5.74, 6) is 0.835. The molecule has 4 heteroatoms. The summed E-state index contributed by atoms with van der Waals surface area (Å²) < 4.78 is 11.7. The molecule has 0 aliphatic carbocycles. The Hall–Kier alpha value is 0.487. The second-order valence-corrected chi connectivity index (χ2v) is 7.63. The first-order chi connectivity index (χ1) is 5.89. The van der Waals surface area contributed by atoms with Crippen LogP contribution >= 0.6 is 12.6 Å². The topological polar surface area (TPSA) is 18.5 Å². The van der Waals surface area contributed by atoms with Gasteiger partial charge in [0.05, 0.1) is 0 Å². The molecule has 13 heavy (non-hydrogen) atoms. The van der Waals surface area contributed by atoms with Gasteiger partial charge in [-0.05, 0) is 46.0 Å². The van der Waals surface area contributed by atoms with E-state index in [1.54, 1.807) is 0 Å². The van der Waals surface area contributed by atoms with Gasteiger partial charge in [-0.15, -0.1) is 0 Å². The van der Waals surface area contributed by atoms with Crippen molar-refractivity contribution in [1.29, 1.82) is 0 Å². The minimum atomic E-state index is -1.95. The Morgan fingerprint density at radius 3 is 1.69 bits per heavy atom. The molecule has 0 bridgehead atoms. The lowest BCUT2D eigenvalue weighted by Gasteiger charge is -2.30. The van der Waals surface area contributed by atoms with E-state index in [4.69, 9.17) is 8.85 Å². The molecule has 0 atom stereocenters. The third kappa shape index (κ3) is 6.54. The van der Waals surface area contributed by atoms with Crippen LogP contribution in [-0.4, -0.2) is 26.5 Å². The lowest BCUT2D eigenvalue weighted by Crippen LogP contribution is -2.43. The molecule has 2 nitrogen and oxygen atoms in total. The summed E-state index contributed by atoms with van der Waals surface area (Å²) in [6.45, 7) is 10.3. The molecule has 0 aromatic rings. The Morgan fingerprint density at radius 1 is 1.08 bits per heavy atom. The second kappa shape index (κ2) is 6.06. The molecule has 0 aliphatic heterocycles. The molecular weight excluding hydrogens is 200 g/mol. The zero-order valence-electron chi connectivity index (χ0n) is 9.33. The molecule has 0 N–H and O–H groups in total. The highest BCUT2D eigenvalue weighted by Crippen LogP contribution is 2.18. The molecule has 0 saturated heterocycles. The third-order valence-corrected chi connectivity index (χ3v) is 5.28. The van der Waals surface area contributed by atoms with Gasteiger partial charge in [0.15, 0.2) is 0 Å². The van der Waals surface area contributed by atoms with Crippen molar-refractivity contribution in [3.63, 3.8) is 0 Å².